The second-order valence-corrected chi connectivity index (χ2v) is 6.12. The van der Waals surface area contributed by atoms with E-state index in [1.54, 1.807) is 0 Å². The number of allylic oxidation sites excluding steroid dienone is 1. The number of nitrogens with zero attached hydrogens (tertiary/aromatic N) is 3. The maximum Gasteiger partial charge on any atom is 0.303 e. The van der Waals surface area contributed by atoms with Crippen LogP contribution in [0.2, 0.25) is 0 Å². The second kappa shape index (κ2) is 8.68. The van der Waals surface area contributed by atoms with Crippen LogP contribution in [0.5, 0.6) is 0 Å². The van der Waals surface area contributed by atoms with Crippen molar-refractivity contribution in [2.75, 3.05) is 26.7 Å². The lowest BCUT2D eigenvalue weighted by Gasteiger charge is -2.30. The zero-order valence-electron chi connectivity index (χ0n) is 14.3. The van der Waals surface area contributed by atoms with E-state index >= 15 is 0 Å². The summed E-state index contributed by atoms with van der Waals surface area (Å²) >= 11 is 0. The molecule has 1 atom stereocenters. The third-order valence-electron chi connectivity index (χ3n) is 4.45. The van der Waals surface area contributed by atoms with Crippen molar-refractivity contribution in [2.24, 2.45) is 4.99 Å². The largest absolute Gasteiger partial charge is 0.481 e. The average molecular weight is 333 g/mol. The van der Waals surface area contributed by atoms with Gasteiger partial charge in [-0.15, -0.1) is 6.58 Å². The Bertz CT molecular complexity index is 566. The van der Waals surface area contributed by atoms with Gasteiger partial charge in [0.15, 0.2) is 0 Å². The summed E-state index contributed by atoms with van der Waals surface area (Å²) in [5.74, 6) is 0.195. The van der Waals surface area contributed by atoms with Crippen LogP contribution in [0.15, 0.2) is 41.2 Å². The molecule has 0 fully saturated rings. The Hall–Kier alpha value is -2.08. The number of aliphatic hydroxyl groups is 1. The summed E-state index contributed by atoms with van der Waals surface area (Å²) in [6.45, 7) is 5.30. The van der Waals surface area contributed by atoms with Crippen molar-refractivity contribution in [1.29, 1.82) is 0 Å². The fraction of sp³-hybridized carbons (Fsp3) is 0.556. The number of rotatable bonds is 10. The van der Waals surface area contributed by atoms with Crippen LogP contribution in [-0.4, -0.2) is 64.6 Å². The number of aliphatic hydroxyl groups excluding tert-OH is 1. The van der Waals surface area contributed by atoms with E-state index in [0.717, 1.165) is 36.6 Å². The molecule has 132 valence electrons. The van der Waals surface area contributed by atoms with Gasteiger partial charge in [-0.1, -0.05) is 12.2 Å². The molecule has 0 aromatic carbocycles. The maximum absolute atomic E-state index is 10.7. The fourth-order valence-corrected chi connectivity index (χ4v) is 3.12. The molecule has 0 spiro atoms. The standard InChI is InChI=1S/C18H27N3O3/c1-3-4-10-21(11-12-22)14-8-9-16-15(13-14)19-17(20(16)2)6-5-7-18(23)24/h3,8,13,16,22H,1,4-7,9-12H2,2H3,(H,23,24). The highest BCUT2D eigenvalue weighted by atomic mass is 16.4. The number of likely N-dealkylation sites (N-methyl/N-ethyl adjacent to an activating group) is 1. The second-order valence-electron chi connectivity index (χ2n) is 6.12. The number of aliphatic carboxylic acids is 1. The maximum atomic E-state index is 10.7. The van der Waals surface area contributed by atoms with Crippen LogP contribution in [-0.2, 0) is 4.79 Å². The molecular formula is C18H27N3O3. The first kappa shape index (κ1) is 18.3. The van der Waals surface area contributed by atoms with Crippen LogP contribution in [0.3, 0.4) is 0 Å². The highest BCUT2D eigenvalue weighted by Crippen LogP contribution is 2.31. The van der Waals surface area contributed by atoms with Crippen molar-refractivity contribution < 1.29 is 15.0 Å². The minimum absolute atomic E-state index is 0.116. The number of amidine groups is 1. The topological polar surface area (TPSA) is 76.4 Å². The zero-order valence-corrected chi connectivity index (χ0v) is 14.3. The number of carbonyl (C=O) groups is 1. The van der Waals surface area contributed by atoms with E-state index in [9.17, 15) is 9.90 Å². The summed E-state index contributed by atoms with van der Waals surface area (Å²) in [5, 5.41) is 18.1. The van der Waals surface area contributed by atoms with Gasteiger partial charge in [-0.05, 0) is 25.3 Å². The zero-order chi connectivity index (χ0) is 17.5. The summed E-state index contributed by atoms with van der Waals surface area (Å²) in [4.78, 5) is 19.7. The lowest BCUT2D eigenvalue weighted by atomic mass is 10.0. The molecule has 1 heterocycles. The molecule has 1 aliphatic heterocycles. The van der Waals surface area contributed by atoms with E-state index in [1.807, 2.05) is 13.1 Å². The first-order chi connectivity index (χ1) is 11.6. The molecule has 0 radical (unpaired) electrons. The van der Waals surface area contributed by atoms with Crippen molar-refractivity contribution in [2.45, 2.75) is 38.1 Å². The number of fused-ring (bicyclic) bond motifs is 1. The molecule has 0 amide bonds. The van der Waals surface area contributed by atoms with Gasteiger partial charge in [0, 0.05) is 38.7 Å². The number of hydrogen-bond donors (Lipinski definition) is 2. The number of carboxylic acid groups (broad SMARTS) is 1. The Balaban J connectivity index is 2.06. The van der Waals surface area contributed by atoms with Crippen molar-refractivity contribution >= 4 is 11.8 Å². The molecule has 0 aromatic rings. The summed E-state index contributed by atoms with van der Waals surface area (Å²) in [7, 11) is 2.02. The fourth-order valence-electron chi connectivity index (χ4n) is 3.12. The van der Waals surface area contributed by atoms with Crippen molar-refractivity contribution in [3.63, 3.8) is 0 Å². The van der Waals surface area contributed by atoms with Gasteiger partial charge in [0.05, 0.1) is 18.3 Å². The first-order valence-corrected chi connectivity index (χ1v) is 8.47. The van der Waals surface area contributed by atoms with Crippen LogP contribution >= 0.6 is 0 Å². The van der Waals surface area contributed by atoms with Crippen LogP contribution in [0.4, 0.5) is 0 Å². The molecule has 6 nitrogen and oxygen atoms in total. The SMILES string of the molecule is C=CCCN(CCO)C1=CCC2C(=C1)N=C(CCCC(=O)O)N2C. The Morgan fingerprint density at radius 1 is 1.54 bits per heavy atom. The van der Waals surface area contributed by atoms with Crippen LogP contribution in [0.1, 0.15) is 32.1 Å². The van der Waals surface area contributed by atoms with Gasteiger partial charge < -0.3 is 20.0 Å². The summed E-state index contributed by atoms with van der Waals surface area (Å²) < 4.78 is 0. The summed E-state index contributed by atoms with van der Waals surface area (Å²) in [5.41, 5.74) is 2.13. The number of aliphatic imine (C=N–C) groups is 1. The molecule has 0 aromatic heterocycles. The molecule has 6 heteroatoms. The van der Waals surface area contributed by atoms with E-state index in [0.29, 0.717) is 19.4 Å². The van der Waals surface area contributed by atoms with Crippen LogP contribution < -0.4 is 0 Å². The highest BCUT2D eigenvalue weighted by Gasteiger charge is 2.30. The summed E-state index contributed by atoms with van der Waals surface area (Å²) in [6, 6.07) is 0.240. The minimum atomic E-state index is -0.765. The Kier molecular flexibility index (Phi) is 6.61. The monoisotopic (exact) mass is 333 g/mol. The van der Waals surface area contributed by atoms with E-state index in [1.165, 1.54) is 0 Å². The van der Waals surface area contributed by atoms with E-state index < -0.39 is 5.97 Å². The first-order valence-electron chi connectivity index (χ1n) is 8.47. The number of carboxylic acids is 1. The number of hydrogen-bond acceptors (Lipinski definition) is 5. The third kappa shape index (κ3) is 4.47. The minimum Gasteiger partial charge on any atom is -0.481 e. The Morgan fingerprint density at radius 2 is 2.33 bits per heavy atom. The average Bonchev–Trinajstić information content (AvgIpc) is 2.87. The molecule has 2 rings (SSSR count). The molecule has 1 unspecified atom stereocenters. The van der Waals surface area contributed by atoms with Gasteiger partial charge in [-0.2, -0.15) is 0 Å². The normalized spacial score (nSPS) is 19.3. The van der Waals surface area contributed by atoms with Crippen molar-refractivity contribution in [1.82, 2.24) is 9.80 Å². The molecule has 1 aliphatic carbocycles. The lowest BCUT2D eigenvalue weighted by Crippen LogP contribution is -2.34. The van der Waals surface area contributed by atoms with Crippen LogP contribution in [0.25, 0.3) is 0 Å². The highest BCUT2D eigenvalue weighted by molar-refractivity contribution is 5.86. The smallest absolute Gasteiger partial charge is 0.303 e. The van der Waals surface area contributed by atoms with E-state index in [-0.39, 0.29) is 19.1 Å². The van der Waals surface area contributed by atoms with E-state index in [2.05, 4.69) is 28.5 Å². The molecule has 0 saturated carbocycles. The van der Waals surface area contributed by atoms with Gasteiger partial charge in [0.25, 0.3) is 0 Å². The Morgan fingerprint density at radius 3 is 3.00 bits per heavy atom. The van der Waals surface area contributed by atoms with Gasteiger partial charge in [0.2, 0.25) is 0 Å². The molecular weight excluding hydrogens is 306 g/mol. The summed E-state index contributed by atoms with van der Waals surface area (Å²) in [6.07, 6.45) is 9.37. The lowest BCUT2D eigenvalue weighted by molar-refractivity contribution is -0.137. The quantitative estimate of drug-likeness (QED) is 0.598. The molecule has 0 bridgehead atoms. The van der Waals surface area contributed by atoms with E-state index in [4.69, 9.17) is 10.1 Å². The van der Waals surface area contributed by atoms with Gasteiger partial charge >= 0.3 is 5.97 Å². The van der Waals surface area contributed by atoms with Gasteiger partial charge in [-0.3, -0.25) is 4.79 Å². The third-order valence-corrected chi connectivity index (χ3v) is 4.45. The van der Waals surface area contributed by atoms with Gasteiger partial charge in [-0.25, -0.2) is 4.99 Å². The van der Waals surface area contributed by atoms with Gasteiger partial charge in [0.1, 0.15) is 5.84 Å². The van der Waals surface area contributed by atoms with Crippen molar-refractivity contribution in [3.8, 4) is 0 Å². The predicted molar refractivity (Wildman–Crippen MR) is 94.7 cm³/mol. The Labute approximate surface area is 143 Å². The molecule has 24 heavy (non-hydrogen) atoms. The molecule has 2 N–H and O–H groups in total. The van der Waals surface area contributed by atoms with Crippen LogP contribution in [0, 0.1) is 0 Å². The molecule has 0 saturated heterocycles. The predicted octanol–water partition coefficient (Wildman–Crippen LogP) is 2.00. The molecule has 2 aliphatic rings. The van der Waals surface area contributed by atoms with Crippen molar-refractivity contribution in [3.05, 3.63) is 36.2 Å².